The van der Waals surface area contributed by atoms with E-state index in [1.165, 1.54) is 50.7 Å². The fourth-order valence-corrected chi connectivity index (χ4v) is 8.79. The molecule has 1 heterocycles. The van der Waals surface area contributed by atoms with Crippen molar-refractivity contribution in [3.63, 3.8) is 0 Å². The summed E-state index contributed by atoms with van der Waals surface area (Å²) < 4.78 is 27.0. The van der Waals surface area contributed by atoms with Gasteiger partial charge in [0.2, 0.25) is 11.8 Å². The zero-order valence-electron chi connectivity index (χ0n) is 18.2. The minimum absolute atomic E-state index is 0.0553. The van der Waals surface area contributed by atoms with Crippen molar-refractivity contribution in [3.8, 4) is 0 Å². The van der Waals surface area contributed by atoms with Gasteiger partial charge in [-0.3, -0.25) is 9.59 Å². The molecule has 4 saturated carbocycles. The molecular formula is C24H32N2O4S. The summed E-state index contributed by atoms with van der Waals surface area (Å²) in [6.45, 7) is 2.44. The molecule has 1 N–H and O–H groups in total. The van der Waals surface area contributed by atoms with Gasteiger partial charge in [-0.25, -0.2) is 12.7 Å². The lowest BCUT2D eigenvalue weighted by Crippen LogP contribution is -2.49. The van der Waals surface area contributed by atoms with Crippen LogP contribution in [0.25, 0.3) is 0 Å². The van der Waals surface area contributed by atoms with Gasteiger partial charge >= 0.3 is 0 Å². The van der Waals surface area contributed by atoms with E-state index in [2.05, 4.69) is 5.32 Å². The number of aryl methyl sites for hydroxylation is 1. The Labute approximate surface area is 184 Å². The molecule has 31 heavy (non-hydrogen) atoms. The molecule has 2 amide bonds. The van der Waals surface area contributed by atoms with E-state index in [0.29, 0.717) is 12.0 Å². The van der Waals surface area contributed by atoms with Crippen LogP contribution in [0, 0.1) is 30.1 Å². The summed E-state index contributed by atoms with van der Waals surface area (Å²) in [6, 6.07) is 5.45. The molecule has 1 unspecified atom stereocenters. The molecule has 5 fully saturated rings. The number of benzene rings is 1. The van der Waals surface area contributed by atoms with Gasteiger partial charge < -0.3 is 5.32 Å². The highest BCUT2D eigenvalue weighted by Crippen LogP contribution is 2.61. The smallest absolute Gasteiger partial charge is 0.267 e. The molecule has 4 bridgehead atoms. The van der Waals surface area contributed by atoms with Gasteiger partial charge in [-0.1, -0.05) is 17.7 Å². The second-order valence-corrected chi connectivity index (χ2v) is 12.3. The van der Waals surface area contributed by atoms with Gasteiger partial charge in [0.1, 0.15) is 6.04 Å². The molecule has 0 radical (unpaired) electrons. The lowest BCUT2D eigenvalue weighted by atomic mass is 9.49. The number of nitrogens with zero attached hydrogens (tertiary/aromatic N) is 1. The van der Waals surface area contributed by atoms with Crippen molar-refractivity contribution in [1.29, 1.82) is 0 Å². The molecule has 6 nitrogen and oxygen atoms in total. The average Bonchev–Trinajstić information content (AvgIpc) is 3.09. The van der Waals surface area contributed by atoms with E-state index in [4.69, 9.17) is 0 Å². The maximum Gasteiger partial charge on any atom is 0.267 e. The van der Waals surface area contributed by atoms with Crippen molar-refractivity contribution in [3.05, 3.63) is 29.8 Å². The van der Waals surface area contributed by atoms with Crippen LogP contribution in [-0.2, 0) is 19.6 Å². The number of carbonyl (C=O) groups is 2. The van der Waals surface area contributed by atoms with E-state index in [9.17, 15) is 18.0 Å². The standard InChI is InChI=1S/C24H32N2O4S/c1-16-2-4-20(5-3-16)31(29,30)26-21(6-7-22(26)27)23(28)25-9-8-24-13-17-10-18(14-24)12-19(11-17)15-24/h2-5,17-19,21H,6-15H2,1H3,(H,25,28). The summed E-state index contributed by atoms with van der Waals surface area (Å²) >= 11 is 0. The third kappa shape index (κ3) is 3.79. The molecule has 1 aliphatic heterocycles. The summed E-state index contributed by atoms with van der Waals surface area (Å²) in [5, 5.41) is 2.99. The molecule has 1 aromatic rings. The second kappa shape index (κ2) is 7.61. The van der Waals surface area contributed by atoms with Gasteiger partial charge in [-0.2, -0.15) is 0 Å². The topological polar surface area (TPSA) is 83.6 Å². The first-order valence-corrected chi connectivity index (χ1v) is 13.1. The van der Waals surface area contributed by atoms with Crippen molar-refractivity contribution in [2.45, 2.75) is 75.6 Å². The van der Waals surface area contributed by atoms with Crippen molar-refractivity contribution >= 4 is 21.8 Å². The lowest BCUT2D eigenvalue weighted by Gasteiger charge is -2.57. The van der Waals surface area contributed by atoms with E-state index < -0.39 is 22.0 Å². The summed E-state index contributed by atoms with van der Waals surface area (Å²) in [7, 11) is -4.04. The van der Waals surface area contributed by atoms with Crippen LogP contribution in [0.1, 0.15) is 63.4 Å². The van der Waals surface area contributed by atoms with Crippen LogP contribution in [0.4, 0.5) is 0 Å². The predicted octanol–water partition coefficient (Wildman–Crippen LogP) is 3.40. The van der Waals surface area contributed by atoms with Crippen molar-refractivity contribution in [2.75, 3.05) is 6.54 Å². The Balaban J connectivity index is 1.24. The Morgan fingerprint density at radius 2 is 1.65 bits per heavy atom. The lowest BCUT2D eigenvalue weighted by molar-refractivity contribution is -0.130. The Morgan fingerprint density at radius 3 is 2.23 bits per heavy atom. The zero-order valence-corrected chi connectivity index (χ0v) is 19.0. The number of sulfonamides is 1. The Morgan fingerprint density at radius 1 is 1.06 bits per heavy atom. The monoisotopic (exact) mass is 444 g/mol. The molecular weight excluding hydrogens is 412 g/mol. The second-order valence-electron chi connectivity index (χ2n) is 10.5. The van der Waals surface area contributed by atoms with E-state index in [0.717, 1.165) is 34.0 Å². The van der Waals surface area contributed by atoms with Crippen molar-refractivity contribution in [2.24, 2.45) is 23.2 Å². The number of nitrogens with one attached hydrogen (secondary N) is 1. The van der Waals surface area contributed by atoms with Crippen molar-refractivity contribution in [1.82, 2.24) is 9.62 Å². The van der Waals surface area contributed by atoms with Gasteiger partial charge in [-0.05, 0) is 93.6 Å². The highest BCUT2D eigenvalue weighted by Gasteiger charge is 2.50. The Bertz CT molecular complexity index is 950. The molecule has 0 aromatic heterocycles. The van der Waals surface area contributed by atoms with E-state index in [1.807, 2.05) is 6.92 Å². The summed E-state index contributed by atoms with van der Waals surface area (Å²) in [5.74, 6) is 1.76. The molecule has 4 aliphatic carbocycles. The van der Waals surface area contributed by atoms with E-state index >= 15 is 0 Å². The molecule has 1 aromatic carbocycles. The minimum Gasteiger partial charge on any atom is -0.354 e. The largest absolute Gasteiger partial charge is 0.354 e. The Hall–Kier alpha value is -1.89. The molecule has 168 valence electrons. The molecule has 7 heteroatoms. The van der Waals surface area contributed by atoms with Crippen LogP contribution in [0.3, 0.4) is 0 Å². The average molecular weight is 445 g/mol. The van der Waals surface area contributed by atoms with Crippen LogP contribution >= 0.6 is 0 Å². The zero-order chi connectivity index (χ0) is 21.8. The summed E-state index contributed by atoms with van der Waals surface area (Å²) in [4.78, 5) is 25.5. The number of amides is 2. The highest BCUT2D eigenvalue weighted by atomic mass is 32.2. The fourth-order valence-electron chi connectivity index (χ4n) is 7.19. The summed E-state index contributed by atoms with van der Waals surface area (Å²) in [6.07, 6.45) is 9.31. The van der Waals surface area contributed by atoms with Crippen LogP contribution < -0.4 is 5.32 Å². The minimum atomic E-state index is -4.04. The van der Waals surface area contributed by atoms with Crippen LogP contribution in [-0.4, -0.2) is 37.1 Å². The SMILES string of the molecule is Cc1ccc(S(=O)(=O)N2C(=O)CCC2C(=O)NCCC23CC4CC(CC(C4)C2)C3)cc1. The third-order valence-corrected chi connectivity index (χ3v) is 10.0. The van der Waals surface area contributed by atoms with Gasteiger partial charge in [-0.15, -0.1) is 0 Å². The van der Waals surface area contributed by atoms with Crippen molar-refractivity contribution < 1.29 is 18.0 Å². The van der Waals surface area contributed by atoms with Gasteiger partial charge in [0.05, 0.1) is 4.90 Å². The van der Waals surface area contributed by atoms with E-state index in [-0.39, 0.29) is 23.6 Å². The first-order valence-electron chi connectivity index (χ1n) is 11.7. The maximum atomic E-state index is 13.1. The summed E-state index contributed by atoms with van der Waals surface area (Å²) in [5.41, 5.74) is 1.30. The highest BCUT2D eigenvalue weighted by molar-refractivity contribution is 7.89. The molecule has 0 spiro atoms. The predicted molar refractivity (Wildman–Crippen MR) is 116 cm³/mol. The van der Waals surface area contributed by atoms with Crippen LogP contribution in [0.5, 0.6) is 0 Å². The number of hydrogen-bond acceptors (Lipinski definition) is 4. The maximum absolute atomic E-state index is 13.1. The quantitative estimate of drug-likeness (QED) is 0.729. The molecule has 6 rings (SSSR count). The Kier molecular flexibility index (Phi) is 5.15. The first kappa shape index (κ1) is 21.0. The van der Waals surface area contributed by atoms with E-state index in [1.54, 1.807) is 12.1 Å². The molecule has 1 atom stereocenters. The molecule has 5 aliphatic rings. The number of hydrogen-bond donors (Lipinski definition) is 1. The van der Waals surface area contributed by atoms with Crippen LogP contribution in [0.15, 0.2) is 29.2 Å². The van der Waals surface area contributed by atoms with Crippen LogP contribution in [0.2, 0.25) is 0 Å². The number of rotatable bonds is 6. The number of carbonyl (C=O) groups excluding carboxylic acids is 2. The van der Waals surface area contributed by atoms with Gasteiger partial charge in [0, 0.05) is 13.0 Å². The van der Waals surface area contributed by atoms with Gasteiger partial charge in [0.25, 0.3) is 10.0 Å². The first-order chi connectivity index (χ1) is 14.8. The fraction of sp³-hybridized carbons (Fsp3) is 0.667. The third-order valence-electron chi connectivity index (χ3n) is 8.16. The normalized spacial score (nSPS) is 34.4. The molecule has 1 saturated heterocycles. The van der Waals surface area contributed by atoms with Gasteiger partial charge in [0.15, 0.2) is 0 Å².